The van der Waals surface area contributed by atoms with Gasteiger partial charge in [0.2, 0.25) is 5.91 Å². The molecule has 0 atom stereocenters. The summed E-state index contributed by atoms with van der Waals surface area (Å²) in [5, 5.41) is 6.55. The first kappa shape index (κ1) is 14.8. The van der Waals surface area contributed by atoms with E-state index in [0.717, 1.165) is 57.9 Å². The van der Waals surface area contributed by atoms with Crippen LogP contribution in [-0.2, 0) is 4.79 Å². The summed E-state index contributed by atoms with van der Waals surface area (Å²) in [5.41, 5.74) is -0.0991. The number of amides is 1. The monoisotopic (exact) mass is 267 g/mol. The second kappa shape index (κ2) is 6.71. The Kier molecular flexibility index (Phi) is 5.22. The van der Waals surface area contributed by atoms with Gasteiger partial charge in [0.15, 0.2) is 0 Å². The quantitative estimate of drug-likeness (QED) is 0.732. The maximum atomic E-state index is 12.5. The fourth-order valence-corrected chi connectivity index (χ4v) is 3.21. The number of rotatable bonds is 7. The maximum absolute atomic E-state index is 12.5. The number of nitrogens with one attached hydrogen (secondary N) is 2. The van der Waals surface area contributed by atoms with Gasteiger partial charge in [0.25, 0.3) is 0 Å². The number of hydrogen-bond donors (Lipinski definition) is 2. The van der Waals surface area contributed by atoms with Crippen molar-refractivity contribution in [3.05, 3.63) is 0 Å². The Morgan fingerprint density at radius 2 is 2.05 bits per heavy atom. The molecule has 1 heterocycles. The lowest BCUT2D eigenvalue weighted by Crippen LogP contribution is -2.48. The van der Waals surface area contributed by atoms with Crippen molar-refractivity contribution < 1.29 is 4.79 Å². The molecular formula is C15H29N3O. The van der Waals surface area contributed by atoms with Crippen LogP contribution in [0.15, 0.2) is 0 Å². The molecule has 19 heavy (non-hydrogen) atoms. The minimum atomic E-state index is -0.0991. The SMILES string of the molecule is CCCC1(C(=O)NCCN(C)C2CC2)CCNCC1. The highest BCUT2D eigenvalue weighted by atomic mass is 16.2. The van der Waals surface area contributed by atoms with Gasteiger partial charge in [-0.25, -0.2) is 0 Å². The fraction of sp³-hybridized carbons (Fsp3) is 0.933. The summed E-state index contributed by atoms with van der Waals surface area (Å²) < 4.78 is 0. The van der Waals surface area contributed by atoms with Gasteiger partial charge in [-0.2, -0.15) is 0 Å². The fourth-order valence-electron chi connectivity index (χ4n) is 3.21. The third-order valence-electron chi connectivity index (χ3n) is 4.69. The van der Waals surface area contributed by atoms with Gasteiger partial charge >= 0.3 is 0 Å². The van der Waals surface area contributed by atoms with Crippen LogP contribution in [0.5, 0.6) is 0 Å². The number of carbonyl (C=O) groups is 1. The molecule has 2 N–H and O–H groups in total. The van der Waals surface area contributed by atoms with Crippen LogP contribution in [0.25, 0.3) is 0 Å². The number of carbonyl (C=O) groups excluding carboxylic acids is 1. The number of hydrogen-bond acceptors (Lipinski definition) is 3. The first-order valence-corrected chi connectivity index (χ1v) is 7.87. The van der Waals surface area contributed by atoms with Crippen LogP contribution in [0.1, 0.15) is 45.4 Å². The zero-order valence-corrected chi connectivity index (χ0v) is 12.5. The highest BCUT2D eigenvalue weighted by molar-refractivity contribution is 5.82. The van der Waals surface area contributed by atoms with Crippen LogP contribution in [0.3, 0.4) is 0 Å². The van der Waals surface area contributed by atoms with E-state index in [0.29, 0.717) is 5.91 Å². The first-order valence-electron chi connectivity index (χ1n) is 7.87. The van der Waals surface area contributed by atoms with Crippen LogP contribution in [-0.4, -0.2) is 50.1 Å². The van der Waals surface area contributed by atoms with Crippen molar-refractivity contribution in [2.45, 2.75) is 51.5 Å². The molecule has 1 aliphatic carbocycles. The molecule has 110 valence electrons. The van der Waals surface area contributed by atoms with Crippen molar-refractivity contribution in [1.29, 1.82) is 0 Å². The average Bonchev–Trinajstić information content (AvgIpc) is 3.24. The third-order valence-corrected chi connectivity index (χ3v) is 4.69. The normalized spacial score (nSPS) is 22.5. The molecule has 0 aromatic carbocycles. The van der Waals surface area contributed by atoms with Crippen LogP contribution in [0.4, 0.5) is 0 Å². The lowest BCUT2D eigenvalue weighted by Gasteiger charge is -2.36. The van der Waals surface area contributed by atoms with E-state index in [1.54, 1.807) is 0 Å². The first-order chi connectivity index (χ1) is 9.18. The summed E-state index contributed by atoms with van der Waals surface area (Å²) in [6, 6.07) is 0.778. The van der Waals surface area contributed by atoms with Gasteiger partial charge < -0.3 is 15.5 Å². The molecule has 4 nitrogen and oxygen atoms in total. The molecular weight excluding hydrogens is 238 g/mol. The summed E-state index contributed by atoms with van der Waals surface area (Å²) in [6.07, 6.45) is 6.76. The predicted molar refractivity (Wildman–Crippen MR) is 78.1 cm³/mol. The number of piperidine rings is 1. The Morgan fingerprint density at radius 1 is 1.37 bits per heavy atom. The van der Waals surface area contributed by atoms with Crippen LogP contribution in [0.2, 0.25) is 0 Å². The zero-order valence-electron chi connectivity index (χ0n) is 12.5. The van der Waals surface area contributed by atoms with Gasteiger partial charge in [-0.1, -0.05) is 13.3 Å². The Hall–Kier alpha value is -0.610. The second-order valence-corrected chi connectivity index (χ2v) is 6.25. The smallest absolute Gasteiger partial charge is 0.226 e. The summed E-state index contributed by atoms with van der Waals surface area (Å²) in [7, 11) is 2.16. The van der Waals surface area contributed by atoms with Crippen LogP contribution in [0, 0.1) is 5.41 Å². The van der Waals surface area contributed by atoms with Gasteiger partial charge in [0.1, 0.15) is 0 Å². The molecule has 0 aromatic heterocycles. The standard InChI is InChI=1S/C15H29N3O/c1-3-6-15(7-9-16-10-8-15)14(19)17-11-12-18(2)13-4-5-13/h13,16H,3-12H2,1-2H3,(H,17,19). The van der Waals surface area contributed by atoms with Crippen molar-refractivity contribution in [2.75, 3.05) is 33.2 Å². The lowest BCUT2D eigenvalue weighted by atomic mass is 9.74. The molecule has 1 amide bonds. The molecule has 0 radical (unpaired) electrons. The molecule has 2 rings (SSSR count). The van der Waals surface area contributed by atoms with E-state index in [1.807, 2.05) is 0 Å². The number of nitrogens with zero attached hydrogens (tertiary/aromatic N) is 1. The van der Waals surface area contributed by atoms with Crippen LogP contribution >= 0.6 is 0 Å². The van der Waals surface area contributed by atoms with Gasteiger partial charge in [-0.15, -0.1) is 0 Å². The van der Waals surface area contributed by atoms with Gasteiger partial charge in [-0.05, 0) is 52.2 Å². The van der Waals surface area contributed by atoms with E-state index in [1.165, 1.54) is 12.8 Å². The Morgan fingerprint density at radius 3 is 2.63 bits per heavy atom. The van der Waals surface area contributed by atoms with Gasteiger partial charge in [-0.3, -0.25) is 4.79 Å². The summed E-state index contributed by atoms with van der Waals surface area (Å²) in [4.78, 5) is 14.9. The van der Waals surface area contributed by atoms with E-state index in [-0.39, 0.29) is 5.41 Å². The highest BCUT2D eigenvalue weighted by Crippen LogP contribution is 2.34. The van der Waals surface area contributed by atoms with E-state index >= 15 is 0 Å². The Labute approximate surface area is 117 Å². The van der Waals surface area contributed by atoms with Crippen molar-refractivity contribution in [1.82, 2.24) is 15.5 Å². The van der Waals surface area contributed by atoms with Crippen molar-refractivity contribution in [2.24, 2.45) is 5.41 Å². The van der Waals surface area contributed by atoms with Gasteiger partial charge in [0, 0.05) is 19.1 Å². The second-order valence-electron chi connectivity index (χ2n) is 6.25. The summed E-state index contributed by atoms with van der Waals surface area (Å²) >= 11 is 0. The van der Waals surface area contributed by atoms with Crippen molar-refractivity contribution in [3.8, 4) is 0 Å². The molecule has 2 aliphatic rings. The lowest BCUT2D eigenvalue weighted by molar-refractivity contribution is -0.133. The molecule has 0 aromatic rings. The topological polar surface area (TPSA) is 44.4 Å². The molecule has 4 heteroatoms. The summed E-state index contributed by atoms with van der Waals surface area (Å²) in [5.74, 6) is 0.292. The minimum Gasteiger partial charge on any atom is -0.354 e. The maximum Gasteiger partial charge on any atom is 0.226 e. The molecule has 0 bridgehead atoms. The molecule has 0 unspecified atom stereocenters. The predicted octanol–water partition coefficient (Wildman–Crippen LogP) is 1.37. The van der Waals surface area contributed by atoms with E-state index < -0.39 is 0 Å². The van der Waals surface area contributed by atoms with Gasteiger partial charge in [0.05, 0.1) is 5.41 Å². The van der Waals surface area contributed by atoms with E-state index in [9.17, 15) is 4.79 Å². The largest absolute Gasteiger partial charge is 0.354 e. The minimum absolute atomic E-state index is 0.0991. The average molecular weight is 267 g/mol. The third kappa shape index (κ3) is 3.93. The summed E-state index contributed by atoms with van der Waals surface area (Å²) in [6.45, 7) is 5.92. The molecule has 1 aliphatic heterocycles. The highest BCUT2D eigenvalue weighted by Gasteiger charge is 2.38. The molecule has 1 saturated carbocycles. The number of likely N-dealkylation sites (N-methyl/N-ethyl adjacent to an activating group) is 1. The Balaban J connectivity index is 1.77. The molecule has 0 spiro atoms. The van der Waals surface area contributed by atoms with E-state index in [4.69, 9.17) is 0 Å². The van der Waals surface area contributed by atoms with Crippen molar-refractivity contribution in [3.63, 3.8) is 0 Å². The van der Waals surface area contributed by atoms with Crippen molar-refractivity contribution >= 4 is 5.91 Å². The van der Waals surface area contributed by atoms with E-state index in [2.05, 4.69) is 29.5 Å². The molecule has 2 fully saturated rings. The molecule has 1 saturated heterocycles. The zero-order chi connectivity index (χ0) is 13.7. The van der Waals surface area contributed by atoms with Crippen LogP contribution < -0.4 is 10.6 Å². The Bertz CT molecular complexity index is 290.